The Bertz CT molecular complexity index is 1150. The van der Waals surface area contributed by atoms with Gasteiger partial charge in [0.1, 0.15) is 11.6 Å². The van der Waals surface area contributed by atoms with E-state index in [0.717, 1.165) is 72.1 Å². The van der Waals surface area contributed by atoms with E-state index in [-0.39, 0.29) is 5.54 Å². The van der Waals surface area contributed by atoms with Gasteiger partial charge in [0.2, 0.25) is 5.95 Å². The number of aromatic nitrogens is 3. The topological polar surface area (TPSA) is 80.7 Å². The van der Waals surface area contributed by atoms with Crippen molar-refractivity contribution in [2.24, 2.45) is 0 Å². The second kappa shape index (κ2) is 8.24. The highest BCUT2D eigenvalue weighted by molar-refractivity contribution is 5.69. The van der Waals surface area contributed by atoms with Crippen molar-refractivity contribution in [1.82, 2.24) is 15.1 Å². The molecule has 164 valence electrons. The van der Waals surface area contributed by atoms with Crippen LogP contribution in [0.2, 0.25) is 0 Å². The zero-order valence-electron chi connectivity index (χ0n) is 18.4. The van der Waals surface area contributed by atoms with Gasteiger partial charge < -0.3 is 24.3 Å². The number of nitrogens with one attached hydrogen (secondary N) is 1. The molecule has 0 unspecified atom stereocenters. The highest BCUT2D eigenvalue weighted by atomic mass is 16.5. The van der Waals surface area contributed by atoms with E-state index >= 15 is 0 Å². The van der Waals surface area contributed by atoms with Crippen LogP contribution in [0, 0.1) is 20.4 Å². The molecular weight excluding hydrogens is 404 g/mol. The minimum atomic E-state index is -0.379. The van der Waals surface area contributed by atoms with Gasteiger partial charge in [-0.1, -0.05) is 17.3 Å². The Morgan fingerprint density at radius 2 is 1.94 bits per heavy atom. The average Bonchev–Trinajstić information content (AvgIpc) is 3.12. The fourth-order valence-corrected chi connectivity index (χ4v) is 4.41. The molecule has 1 saturated carbocycles. The van der Waals surface area contributed by atoms with Gasteiger partial charge in [0, 0.05) is 43.2 Å². The Balaban J connectivity index is 1.52. The van der Waals surface area contributed by atoms with Crippen LogP contribution < -0.4 is 10.2 Å². The number of morpholine rings is 1. The summed E-state index contributed by atoms with van der Waals surface area (Å²) in [6.45, 7) is 14.4. The van der Waals surface area contributed by atoms with E-state index in [1.165, 1.54) is 0 Å². The molecule has 0 bridgehead atoms. The maximum Gasteiger partial charge on any atom is 0.257 e. The fraction of sp³-hybridized carbons (Fsp3) is 0.417. The lowest BCUT2D eigenvalue weighted by Gasteiger charge is -2.30. The van der Waals surface area contributed by atoms with Crippen LogP contribution in [0.3, 0.4) is 0 Å². The first-order valence-corrected chi connectivity index (χ1v) is 11.0. The van der Waals surface area contributed by atoms with Crippen molar-refractivity contribution in [1.29, 1.82) is 0 Å². The van der Waals surface area contributed by atoms with Crippen LogP contribution in [0.1, 0.15) is 36.3 Å². The molecule has 3 aromatic rings. The predicted molar refractivity (Wildman–Crippen MR) is 122 cm³/mol. The molecule has 0 atom stereocenters. The van der Waals surface area contributed by atoms with Gasteiger partial charge in [0.25, 0.3) is 5.54 Å². The van der Waals surface area contributed by atoms with Gasteiger partial charge in [-0.3, -0.25) is 0 Å². The summed E-state index contributed by atoms with van der Waals surface area (Å²) in [4.78, 5) is 15.7. The average molecular weight is 431 g/mol. The van der Waals surface area contributed by atoms with Crippen LogP contribution in [0.25, 0.3) is 16.1 Å². The molecule has 2 aliphatic rings. The summed E-state index contributed by atoms with van der Waals surface area (Å²) < 4.78 is 10.9. The Kier molecular flexibility index (Phi) is 5.27. The van der Waals surface area contributed by atoms with Crippen molar-refractivity contribution in [2.75, 3.05) is 36.5 Å². The van der Waals surface area contributed by atoms with Crippen molar-refractivity contribution in [3.63, 3.8) is 0 Å². The number of ether oxygens (including phenoxy) is 1. The minimum absolute atomic E-state index is 0.379. The van der Waals surface area contributed by atoms with Crippen LogP contribution in [0.5, 0.6) is 0 Å². The quantitative estimate of drug-likeness (QED) is 0.591. The minimum Gasteiger partial charge on any atom is -0.378 e. The summed E-state index contributed by atoms with van der Waals surface area (Å²) in [6.07, 6.45) is 2.93. The first-order chi connectivity index (χ1) is 15.6. The molecule has 3 heterocycles. The maximum atomic E-state index is 7.68. The molecule has 5 rings (SSSR count). The van der Waals surface area contributed by atoms with E-state index < -0.39 is 0 Å². The number of hydrogen-bond acceptors (Lipinski definition) is 7. The van der Waals surface area contributed by atoms with Gasteiger partial charge in [-0.25, -0.2) is 11.6 Å². The van der Waals surface area contributed by atoms with Crippen LogP contribution in [-0.4, -0.2) is 41.4 Å². The lowest BCUT2D eigenvalue weighted by atomic mass is 9.72. The van der Waals surface area contributed by atoms with Crippen molar-refractivity contribution >= 4 is 17.5 Å². The summed E-state index contributed by atoms with van der Waals surface area (Å²) in [5.74, 6) is 2.08. The summed E-state index contributed by atoms with van der Waals surface area (Å²) in [6, 6.07) is 10.1. The zero-order chi connectivity index (χ0) is 22.1. The smallest absolute Gasteiger partial charge is 0.257 e. The molecule has 1 aromatic carbocycles. The SMILES string of the molecule is [C-]#[N+]C1(c2cccc(Nc3nc(-c4c(C)noc4C)cc(N4CCOCC4)n3)c2)CCC1. The standard InChI is InChI=1S/C24H26N6O2/c1-16-22(17(2)32-29-16)20-15-21(30-10-12-31-13-11-30)28-23(27-20)26-19-7-4-6-18(14-19)24(25-3)8-5-9-24/h4,6-7,14-15H,5,8-13H2,1-2H3,(H,26,27,28). The first kappa shape index (κ1) is 20.5. The molecule has 0 radical (unpaired) electrons. The number of anilines is 3. The fourth-order valence-electron chi connectivity index (χ4n) is 4.41. The second-order valence-electron chi connectivity index (χ2n) is 8.44. The third kappa shape index (κ3) is 3.69. The first-order valence-electron chi connectivity index (χ1n) is 11.0. The Hall–Kier alpha value is -3.44. The van der Waals surface area contributed by atoms with Gasteiger partial charge in [0.05, 0.1) is 30.2 Å². The molecular formula is C24H26N6O2. The number of hydrogen-bond donors (Lipinski definition) is 1. The number of aryl methyl sites for hydroxylation is 2. The molecule has 2 aromatic heterocycles. The van der Waals surface area contributed by atoms with Gasteiger partial charge in [0.15, 0.2) is 0 Å². The summed E-state index contributed by atoms with van der Waals surface area (Å²) in [5, 5.41) is 7.47. The molecule has 0 spiro atoms. The largest absolute Gasteiger partial charge is 0.378 e. The molecule has 8 nitrogen and oxygen atoms in total. The van der Waals surface area contributed by atoms with Crippen molar-refractivity contribution in [3.05, 3.63) is 58.8 Å². The normalized spacial score (nSPS) is 17.5. The van der Waals surface area contributed by atoms with Crippen molar-refractivity contribution in [2.45, 2.75) is 38.6 Å². The van der Waals surface area contributed by atoms with Crippen LogP contribution >= 0.6 is 0 Å². The van der Waals surface area contributed by atoms with Gasteiger partial charge in [-0.2, -0.15) is 4.98 Å². The number of benzene rings is 1. The van der Waals surface area contributed by atoms with E-state index in [2.05, 4.69) is 26.3 Å². The van der Waals surface area contributed by atoms with Crippen LogP contribution in [-0.2, 0) is 10.3 Å². The molecule has 1 N–H and O–H groups in total. The molecule has 1 saturated heterocycles. The van der Waals surface area contributed by atoms with Gasteiger partial charge >= 0.3 is 0 Å². The van der Waals surface area contributed by atoms with E-state index in [1.54, 1.807) is 0 Å². The Morgan fingerprint density at radius 3 is 2.59 bits per heavy atom. The van der Waals surface area contributed by atoms with E-state index in [9.17, 15) is 0 Å². The molecule has 0 amide bonds. The lowest BCUT2D eigenvalue weighted by Crippen LogP contribution is -2.36. The van der Waals surface area contributed by atoms with Crippen LogP contribution in [0.15, 0.2) is 34.9 Å². The number of nitrogens with zero attached hydrogens (tertiary/aromatic N) is 5. The van der Waals surface area contributed by atoms with Gasteiger partial charge in [-0.05, 0) is 32.4 Å². The van der Waals surface area contributed by atoms with E-state index in [0.29, 0.717) is 19.2 Å². The molecule has 32 heavy (non-hydrogen) atoms. The highest BCUT2D eigenvalue weighted by Crippen LogP contribution is 2.45. The molecule has 2 fully saturated rings. The Labute approximate surface area is 187 Å². The van der Waals surface area contributed by atoms with Crippen molar-refractivity contribution < 1.29 is 9.26 Å². The third-order valence-electron chi connectivity index (χ3n) is 6.39. The number of rotatable bonds is 5. The van der Waals surface area contributed by atoms with E-state index in [4.69, 9.17) is 25.8 Å². The molecule has 1 aliphatic carbocycles. The Morgan fingerprint density at radius 1 is 1.12 bits per heavy atom. The van der Waals surface area contributed by atoms with E-state index in [1.807, 2.05) is 38.1 Å². The predicted octanol–water partition coefficient (Wildman–Crippen LogP) is 4.63. The van der Waals surface area contributed by atoms with Crippen molar-refractivity contribution in [3.8, 4) is 11.3 Å². The summed E-state index contributed by atoms with van der Waals surface area (Å²) >= 11 is 0. The lowest BCUT2D eigenvalue weighted by molar-refractivity contribution is 0.122. The molecule has 1 aliphatic heterocycles. The highest BCUT2D eigenvalue weighted by Gasteiger charge is 2.45. The monoisotopic (exact) mass is 430 g/mol. The third-order valence-corrected chi connectivity index (χ3v) is 6.39. The zero-order valence-corrected chi connectivity index (χ0v) is 18.4. The maximum absolute atomic E-state index is 7.68. The van der Waals surface area contributed by atoms with Gasteiger partial charge in [-0.15, -0.1) is 0 Å². The summed E-state index contributed by atoms with van der Waals surface area (Å²) in [5.41, 5.74) is 4.01. The summed E-state index contributed by atoms with van der Waals surface area (Å²) in [7, 11) is 0. The molecule has 8 heteroatoms. The second-order valence-corrected chi connectivity index (χ2v) is 8.44. The van der Waals surface area contributed by atoms with Crippen LogP contribution in [0.4, 0.5) is 17.5 Å².